The van der Waals surface area contributed by atoms with Gasteiger partial charge in [0.25, 0.3) is 0 Å². The van der Waals surface area contributed by atoms with E-state index < -0.39 is 0 Å². The number of hydrogen-bond donors (Lipinski definition) is 1. The van der Waals surface area contributed by atoms with Crippen molar-refractivity contribution in [1.82, 2.24) is 4.90 Å². The van der Waals surface area contributed by atoms with Crippen molar-refractivity contribution < 1.29 is 0 Å². The summed E-state index contributed by atoms with van der Waals surface area (Å²) >= 11 is 0. The average Bonchev–Trinajstić information content (AvgIpc) is 2.01. The fraction of sp³-hybridized carbons (Fsp3) is 0.778. The van der Waals surface area contributed by atoms with Crippen molar-refractivity contribution in [3.63, 3.8) is 0 Å². The van der Waals surface area contributed by atoms with Gasteiger partial charge in [-0.05, 0) is 26.3 Å². The predicted molar refractivity (Wildman–Crippen MR) is 47.1 cm³/mol. The van der Waals surface area contributed by atoms with Crippen LogP contribution in [0.2, 0.25) is 0 Å². The van der Waals surface area contributed by atoms with E-state index in [4.69, 9.17) is 5.73 Å². The van der Waals surface area contributed by atoms with Gasteiger partial charge < -0.3 is 5.73 Å². The Kier molecular flexibility index (Phi) is 3.41. The number of piperidine rings is 1. The van der Waals surface area contributed by atoms with Gasteiger partial charge in [-0.3, -0.25) is 4.90 Å². The lowest BCUT2D eigenvalue weighted by Gasteiger charge is -2.28. The van der Waals surface area contributed by atoms with E-state index in [0.717, 1.165) is 13.1 Å². The third-order valence-electron chi connectivity index (χ3n) is 2.02. The molecule has 1 saturated heterocycles. The van der Waals surface area contributed by atoms with Crippen LogP contribution in [0.3, 0.4) is 0 Å². The second-order valence-electron chi connectivity index (χ2n) is 3.06. The summed E-state index contributed by atoms with van der Waals surface area (Å²) in [7, 11) is 0. The number of nitrogens with two attached hydrogens (primary N) is 1. The molecule has 2 heteroatoms. The minimum atomic E-state index is 0.377. The van der Waals surface area contributed by atoms with Gasteiger partial charge in [-0.1, -0.05) is 5.92 Å². The van der Waals surface area contributed by atoms with Crippen LogP contribution in [-0.2, 0) is 0 Å². The lowest BCUT2D eigenvalue weighted by Crippen LogP contribution is -2.42. The van der Waals surface area contributed by atoms with Crippen LogP contribution in [0.1, 0.15) is 19.8 Å². The van der Waals surface area contributed by atoms with Crippen molar-refractivity contribution in [1.29, 1.82) is 0 Å². The van der Waals surface area contributed by atoms with E-state index in [1.165, 1.54) is 19.4 Å². The molecule has 2 nitrogen and oxygen atoms in total. The van der Waals surface area contributed by atoms with Crippen LogP contribution in [0.25, 0.3) is 0 Å². The van der Waals surface area contributed by atoms with Crippen molar-refractivity contribution in [2.45, 2.75) is 25.8 Å². The maximum Gasteiger partial charge on any atom is 0.0602 e. The Morgan fingerprint density at radius 1 is 1.64 bits per heavy atom. The summed E-state index contributed by atoms with van der Waals surface area (Å²) < 4.78 is 0. The van der Waals surface area contributed by atoms with Crippen molar-refractivity contribution in [3.8, 4) is 11.8 Å². The molecule has 0 amide bonds. The topological polar surface area (TPSA) is 29.3 Å². The van der Waals surface area contributed by atoms with Crippen LogP contribution in [-0.4, -0.2) is 30.6 Å². The summed E-state index contributed by atoms with van der Waals surface area (Å²) in [6, 6.07) is 0.377. The second-order valence-corrected chi connectivity index (χ2v) is 3.06. The van der Waals surface area contributed by atoms with E-state index in [2.05, 4.69) is 16.7 Å². The normalized spacial score (nSPS) is 25.8. The molecule has 0 aromatic heterocycles. The zero-order chi connectivity index (χ0) is 8.10. The van der Waals surface area contributed by atoms with Gasteiger partial charge in [0, 0.05) is 12.6 Å². The first-order valence-electron chi connectivity index (χ1n) is 4.20. The molecule has 1 atom stereocenters. The average molecular weight is 152 g/mol. The molecule has 0 saturated carbocycles. The van der Waals surface area contributed by atoms with Gasteiger partial charge in [-0.2, -0.15) is 0 Å². The van der Waals surface area contributed by atoms with Crippen LogP contribution < -0.4 is 5.73 Å². The first kappa shape index (κ1) is 8.58. The zero-order valence-corrected chi connectivity index (χ0v) is 7.14. The largest absolute Gasteiger partial charge is 0.327 e. The molecule has 0 aliphatic carbocycles. The highest BCUT2D eigenvalue weighted by Crippen LogP contribution is 2.06. The molecule has 0 aromatic carbocycles. The van der Waals surface area contributed by atoms with Crippen LogP contribution in [0, 0.1) is 11.8 Å². The minimum absolute atomic E-state index is 0.377. The van der Waals surface area contributed by atoms with Crippen LogP contribution in [0.5, 0.6) is 0 Å². The van der Waals surface area contributed by atoms with E-state index in [1.54, 1.807) is 0 Å². The Hall–Kier alpha value is -0.520. The van der Waals surface area contributed by atoms with Gasteiger partial charge in [0.2, 0.25) is 0 Å². The zero-order valence-electron chi connectivity index (χ0n) is 7.14. The molecule has 1 rings (SSSR count). The van der Waals surface area contributed by atoms with Crippen molar-refractivity contribution in [2.24, 2.45) is 5.73 Å². The number of rotatable bonds is 1. The maximum absolute atomic E-state index is 5.81. The molecule has 0 aromatic rings. The van der Waals surface area contributed by atoms with Crippen LogP contribution in [0.4, 0.5) is 0 Å². The fourth-order valence-corrected chi connectivity index (χ4v) is 1.43. The molecule has 0 spiro atoms. The molecular formula is C9H16N2. The van der Waals surface area contributed by atoms with Gasteiger partial charge in [0.15, 0.2) is 0 Å². The van der Waals surface area contributed by atoms with Gasteiger partial charge in [0.05, 0.1) is 6.54 Å². The molecule has 0 radical (unpaired) electrons. The Morgan fingerprint density at radius 2 is 2.45 bits per heavy atom. The summed E-state index contributed by atoms with van der Waals surface area (Å²) in [5, 5.41) is 0. The summed E-state index contributed by atoms with van der Waals surface area (Å²) in [6.07, 6.45) is 2.41. The molecule has 1 aliphatic rings. The lowest BCUT2D eigenvalue weighted by molar-refractivity contribution is 0.232. The van der Waals surface area contributed by atoms with Gasteiger partial charge >= 0.3 is 0 Å². The number of likely N-dealkylation sites (tertiary alicyclic amines) is 1. The van der Waals surface area contributed by atoms with Crippen molar-refractivity contribution >= 4 is 0 Å². The van der Waals surface area contributed by atoms with E-state index in [1.807, 2.05) is 6.92 Å². The summed E-state index contributed by atoms with van der Waals surface area (Å²) in [5.74, 6) is 5.96. The third kappa shape index (κ3) is 2.92. The van der Waals surface area contributed by atoms with Crippen molar-refractivity contribution in [2.75, 3.05) is 19.6 Å². The van der Waals surface area contributed by atoms with E-state index in [0.29, 0.717) is 6.04 Å². The molecule has 1 unspecified atom stereocenters. The standard InChI is InChI=1S/C9H16N2/c1-2-3-6-11-7-4-5-9(10)8-11/h9H,4-8,10H2,1H3. The third-order valence-corrected chi connectivity index (χ3v) is 2.02. The Labute approximate surface area is 68.8 Å². The second kappa shape index (κ2) is 4.38. The summed E-state index contributed by atoms with van der Waals surface area (Å²) in [4.78, 5) is 2.32. The predicted octanol–water partition coefficient (Wildman–Crippen LogP) is 0.433. The van der Waals surface area contributed by atoms with Crippen LogP contribution >= 0.6 is 0 Å². The molecule has 11 heavy (non-hydrogen) atoms. The molecule has 1 heterocycles. The number of nitrogens with zero attached hydrogens (tertiary/aromatic N) is 1. The van der Waals surface area contributed by atoms with Crippen molar-refractivity contribution in [3.05, 3.63) is 0 Å². The molecule has 1 aliphatic heterocycles. The molecule has 62 valence electrons. The monoisotopic (exact) mass is 152 g/mol. The smallest absolute Gasteiger partial charge is 0.0602 e. The lowest BCUT2D eigenvalue weighted by atomic mass is 10.1. The summed E-state index contributed by atoms with van der Waals surface area (Å²) in [5.41, 5.74) is 5.81. The summed E-state index contributed by atoms with van der Waals surface area (Å²) in [6.45, 7) is 4.96. The molecular weight excluding hydrogens is 136 g/mol. The van der Waals surface area contributed by atoms with Gasteiger partial charge in [-0.25, -0.2) is 0 Å². The SMILES string of the molecule is CC#CCN1CCCC(N)C1. The highest BCUT2D eigenvalue weighted by molar-refractivity contribution is 4.98. The van der Waals surface area contributed by atoms with Gasteiger partial charge in [0.1, 0.15) is 0 Å². The minimum Gasteiger partial charge on any atom is -0.327 e. The maximum atomic E-state index is 5.81. The first-order valence-corrected chi connectivity index (χ1v) is 4.20. The van der Waals surface area contributed by atoms with Crippen LogP contribution in [0.15, 0.2) is 0 Å². The first-order chi connectivity index (χ1) is 5.33. The fourth-order valence-electron chi connectivity index (χ4n) is 1.43. The number of hydrogen-bond acceptors (Lipinski definition) is 2. The molecule has 0 bridgehead atoms. The van der Waals surface area contributed by atoms with E-state index >= 15 is 0 Å². The Morgan fingerprint density at radius 3 is 3.09 bits per heavy atom. The highest BCUT2D eigenvalue weighted by Gasteiger charge is 2.14. The Balaban J connectivity index is 2.26. The molecule has 1 fully saturated rings. The van der Waals surface area contributed by atoms with Gasteiger partial charge in [-0.15, -0.1) is 5.92 Å². The molecule has 2 N–H and O–H groups in total. The Bertz CT molecular complexity index is 166. The highest BCUT2D eigenvalue weighted by atomic mass is 15.1. The van der Waals surface area contributed by atoms with E-state index in [9.17, 15) is 0 Å². The quantitative estimate of drug-likeness (QED) is 0.552. The van der Waals surface area contributed by atoms with E-state index in [-0.39, 0.29) is 0 Å².